The molecule has 0 amide bonds. The average Bonchev–Trinajstić information content (AvgIpc) is 2.41. The van der Waals surface area contributed by atoms with E-state index in [-0.39, 0.29) is 23.3 Å². The zero-order valence-corrected chi connectivity index (χ0v) is 13.0. The van der Waals surface area contributed by atoms with Crippen molar-refractivity contribution in [2.45, 2.75) is 37.1 Å². The first-order chi connectivity index (χ1) is 8.96. The first-order valence-corrected chi connectivity index (χ1v) is 7.89. The monoisotopic (exact) mass is 322 g/mol. The lowest BCUT2D eigenvalue weighted by Crippen LogP contribution is -2.47. The predicted octanol–water partition coefficient (Wildman–Crippen LogP) is 2.06. The van der Waals surface area contributed by atoms with Gasteiger partial charge in [-0.2, -0.15) is 4.31 Å². The van der Waals surface area contributed by atoms with E-state index >= 15 is 0 Å². The van der Waals surface area contributed by atoms with Crippen LogP contribution < -0.4 is 5.73 Å². The molecule has 0 radical (unpaired) electrons. The Morgan fingerprint density at radius 1 is 1.40 bits per heavy atom. The highest BCUT2D eigenvalue weighted by atomic mass is 35.5. The van der Waals surface area contributed by atoms with Gasteiger partial charge < -0.3 is 5.73 Å². The van der Waals surface area contributed by atoms with Gasteiger partial charge in [0, 0.05) is 19.1 Å². The van der Waals surface area contributed by atoms with Crippen LogP contribution in [-0.4, -0.2) is 31.9 Å². The first kappa shape index (κ1) is 17.4. The van der Waals surface area contributed by atoms with E-state index in [1.165, 1.54) is 16.4 Å². The molecule has 0 aromatic heterocycles. The largest absolute Gasteiger partial charge is 0.329 e. The van der Waals surface area contributed by atoms with Gasteiger partial charge in [-0.15, -0.1) is 12.4 Å². The smallest absolute Gasteiger partial charge is 0.243 e. The zero-order chi connectivity index (χ0) is 14.0. The minimum absolute atomic E-state index is 0. The summed E-state index contributed by atoms with van der Waals surface area (Å²) >= 11 is 0. The van der Waals surface area contributed by atoms with E-state index < -0.39 is 15.8 Å². The van der Waals surface area contributed by atoms with Gasteiger partial charge in [0.2, 0.25) is 10.0 Å². The molecular weight excluding hydrogens is 303 g/mol. The summed E-state index contributed by atoms with van der Waals surface area (Å²) in [7, 11) is -3.66. The summed E-state index contributed by atoms with van der Waals surface area (Å²) < 4.78 is 40.0. The summed E-state index contributed by atoms with van der Waals surface area (Å²) in [5.41, 5.74) is 6.21. The van der Waals surface area contributed by atoms with Gasteiger partial charge in [-0.1, -0.05) is 12.5 Å². The highest BCUT2D eigenvalue weighted by Gasteiger charge is 2.33. The van der Waals surface area contributed by atoms with Crippen LogP contribution in [0.4, 0.5) is 4.39 Å². The average molecular weight is 323 g/mol. The molecule has 0 aliphatic carbocycles. The maximum absolute atomic E-state index is 13.3. The quantitative estimate of drug-likeness (QED) is 0.926. The zero-order valence-electron chi connectivity index (χ0n) is 11.4. The molecule has 114 valence electrons. The molecule has 1 fully saturated rings. The Kier molecular flexibility index (Phi) is 5.94. The third-order valence-electron chi connectivity index (χ3n) is 3.58. The Balaban J connectivity index is 0.00000200. The molecule has 1 aromatic rings. The number of rotatable bonds is 3. The maximum Gasteiger partial charge on any atom is 0.243 e. The van der Waals surface area contributed by atoms with Crippen molar-refractivity contribution >= 4 is 22.4 Å². The first-order valence-electron chi connectivity index (χ1n) is 6.45. The van der Waals surface area contributed by atoms with Crippen LogP contribution >= 0.6 is 12.4 Å². The van der Waals surface area contributed by atoms with Crippen molar-refractivity contribution in [3.63, 3.8) is 0 Å². The predicted molar refractivity (Wildman–Crippen MR) is 79.0 cm³/mol. The van der Waals surface area contributed by atoms with Crippen molar-refractivity contribution in [1.29, 1.82) is 0 Å². The maximum atomic E-state index is 13.3. The third kappa shape index (κ3) is 3.31. The second-order valence-electron chi connectivity index (χ2n) is 4.91. The fourth-order valence-electron chi connectivity index (χ4n) is 2.50. The summed E-state index contributed by atoms with van der Waals surface area (Å²) in [5.74, 6) is -0.537. The Morgan fingerprint density at radius 2 is 2.10 bits per heavy atom. The van der Waals surface area contributed by atoms with Crippen LogP contribution in [0.25, 0.3) is 0 Å². The molecule has 1 unspecified atom stereocenters. The lowest BCUT2D eigenvalue weighted by molar-refractivity contribution is 0.257. The van der Waals surface area contributed by atoms with Gasteiger partial charge in [0.15, 0.2) is 0 Å². The summed E-state index contributed by atoms with van der Waals surface area (Å²) in [4.78, 5) is 0.0489. The summed E-state index contributed by atoms with van der Waals surface area (Å²) in [6.45, 7) is 2.43. The fourth-order valence-corrected chi connectivity index (χ4v) is 4.45. The van der Waals surface area contributed by atoms with Gasteiger partial charge in [-0.3, -0.25) is 0 Å². The minimum atomic E-state index is -3.66. The molecule has 1 heterocycles. The molecule has 0 bridgehead atoms. The van der Waals surface area contributed by atoms with Crippen LogP contribution in [0, 0.1) is 12.7 Å². The molecule has 1 aromatic carbocycles. The van der Waals surface area contributed by atoms with Gasteiger partial charge in [0.1, 0.15) is 5.82 Å². The number of halogens is 2. The molecule has 1 aliphatic rings. The van der Waals surface area contributed by atoms with Crippen LogP contribution in [0.15, 0.2) is 23.1 Å². The van der Waals surface area contributed by atoms with Gasteiger partial charge in [0.25, 0.3) is 0 Å². The number of sulfonamides is 1. The summed E-state index contributed by atoms with van der Waals surface area (Å²) in [6, 6.07) is 3.67. The SMILES string of the molecule is Cc1ccc(F)cc1S(=O)(=O)N1CCCCC1CN.Cl. The van der Waals surface area contributed by atoms with Crippen LogP contribution in [-0.2, 0) is 10.0 Å². The number of piperidine rings is 1. The van der Waals surface area contributed by atoms with E-state index in [2.05, 4.69) is 0 Å². The normalized spacial score (nSPS) is 20.4. The molecule has 1 atom stereocenters. The lowest BCUT2D eigenvalue weighted by atomic mass is 10.1. The van der Waals surface area contributed by atoms with E-state index in [1.807, 2.05) is 0 Å². The Hall–Kier alpha value is -0.690. The second-order valence-corrected chi connectivity index (χ2v) is 6.77. The second kappa shape index (κ2) is 6.85. The molecule has 1 saturated heterocycles. The highest BCUT2D eigenvalue weighted by Crippen LogP contribution is 2.27. The standard InChI is InChI=1S/C13H19FN2O2S.ClH/c1-10-5-6-11(14)8-13(10)19(17,18)16-7-3-2-4-12(16)9-15;/h5-6,8,12H,2-4,7,9,15H2,1H3;1H. The summed E-state index contributed by atoms with van der Waals surface area (Å²) in [5, 5.41) is 0. The molecule has 1 aliphatic heterocycles. The van der Waals surface area contributed by atoms with E-state index in [0.29, 0.717) is 18.7 Å². The van der Waals surface area contributed by atoms with Gasteiger partial charge in [-0.25, -0.2) is 12.8 Å². The number of benzene rings is 1. The topological polar surface area (TPSA) is 63.4 Å². The molecule has 2 N–H and O–H groups in total. The van der Waals surface area contributed by atoms with Crippen molar-refractivity contribution < 1.29 is 12.8 Å². The molecule has 2 rings (SSSR count). The van der Waals surface area contributed by atoms with Crippen LogP contribution in [0.2, 0.25) is 0 Å². The van der Waals surface area contributed by atoms with Crippen molar-refractivity contribution in [3.05, 3.63) is 29.6 Å². The summed E-state index contributed by atoms with van der Waals surface area (Å²) in [6.07, 6.45) is 2.57. The van der Waals surface area contributed by atoms with Crippen molar-refractivity contribution in [1.82, 2.24) is 4.31 Å². The Labute approximate surface area is 125 Å². The van der Waals surface area contributed by atoms with Crippen LogP contribution in [0.5, 0.6) is 0 Å². The highest BCUT2D eigenvalue weighted by molar-refractivity contribution is 7.89. The Morgan fingerprint density at radius 3 is 2.75 bits per heavy atom. The van der Waals surface area contributed by atoms with E-state index in [1.54, 1.807) is 6.92 Å². The van der Waals surface area contributed by atoms with E-state index in [0.717, 1.165) is 25.3 Å². The molecule has 0 spiro atoms. The fraction of sp³-hybridized carbons (Fsp3) is 0.538. The van der Waals surface area contributed by atoms with Gasteiger partial charge in [-0.05, 0) is 37.5 Å². The number of aryl methyl sites for hydroxylation is 1. The molecule has 20 heavy (non-hydrogen) atoms. The van der Waals surface area contributed by atoms with Crippen LogP contribution in [0.1, 0.15) is 24.8 Å². The number of nitrogens with zero attached hydrogens (tertiary/aromatic N) is 1. The molecule has 0 saturated carbocycles. The molecular formula is C13H20ClFN2O2S. The van der Waals surface area contributed by atoms with Crippen molar-refractivity contribution in [2.75, 3.05) is 13.1 Å². The number of nitrogens with two attached hydrogens (primary N) is 1. The van der Waals surface area contributed by atoms with Crippen molar-refractivity contribution in [2.24, 2.45) is 5.73 Å². The number of hydrogen-bond donors (Lipinski definition) is 1. The van der Waals surface area contributed by atoms with Crippen molar-refractivity contribution in [3.8, 4) is 0 Å². The van der Waals surface area contributed by atoms with Gasteiger partial charge in [0.05, 0.1) is 4.90 Å². The lowest BCUT2D eigenvalue weighted by Gasteiger charge is -2.34. The van der Waals surface area contributed by atoms with E-state index in [9.17, 15) is 12.8 Å². The molecule has 7 heteroatoms. The molecule has 4 nitrogen and oxygen atoms in total. The van der Waals surface area contributed by atoms with Crippen LogP contribution in [0.3, 0.4) is 0 Å². The third-order valence-corrected chi connectivity index (χ3v) is 5.68. The Bertz CT molecular complexity index is 565. The van der Waals surface area contributed by atoms with E-state index in [4.69, 9.17) is 5.73 Å². The van der Waals surface area contributed by atoms with Gasteiger partial charge >= 0.3 is 0 Å². The minimum Gasteiger partial charge on any atom is -0.329 e. The number of hydrogen-bond acceptors (Lipinski definition) is 3.